The van der Waals surface area contributed by atoms with Gasteiger partial charge in [-0.2, -0.15) is 5.10 Å². The Labute approximate surface area is 147 Å². The molecule has 0 spiro atoms. The topological polar surface area (TPSA) is 110 Å². The van der Waals surface area contributed by atoms with E-state index >= 15 is 0 Å². The van der Waals surface area contributed by atoms with Crippen LogP contribution in [-0.4, -0.2) is 41.6 Å². The number of carbonyl (C=O) groups excluding carboxylic acids is 1. The number of amides is 1. The lowest BCUT2D eigenvalue weighted by Gasteiger charge is -2.25. The molecule has 0 saturated carbocycles. The maximum absolute atomic E-state index is 12.3. The van der Waals surface area contributed by atoms with Crippen molar-refractivity contribution in [3.63, 3.8) is 0 Å². The third-order valence-electron chi connectivity index (χ3n) is 3.67. The lowest BCUT2D eigenvalue weighted by Crippen LogP contribution is -2.37. The van der Waals surface area contributed by atoms with E-state index in [1.54, 1.807) is 16.9 Å². The summed E-state index contributed by atoms with van der Waals surface area (Å²) in [5.74, 6) is -0.232. The van der Waals surface area contributed by atoms with Crippen LogP contribution in [0.5, 0.6) is 0 Å². The average Bonchev–Trinajstić information content (AvgIpc) is 2.91. The first-order valence-electron chi connectivity index (χ1n) is 7.79. The van der Waals surface area contributed by atoms with Crippen LogP contribution in [0.25, 0.3) is 0 Å². The monoisotopic (exact) mass is 365 g/mol. The highest BCUT2D eigenvalue weighted by Crippen LogP contribution is 2.14. The highest BCUT2D eigenvalue weighted by molar-refractivity contribution is 7.89. The van der Waals surface area contributed by atoms with E-state index in [1.165, 1.54) is 18.2 Å². The quantitative estimate of drug-likeness (QED) is 0.758. The molecule has 0 radical (unpaired) electrons. The summed E-state index contributed by atoms with van der Waals surface area (Å²) in [6.45, 7) is 4.78. The van der Waals surface area contributed by atoms with Crippen molar-refractivity contribution in [1.29, 1.82) is 0 Å². The summed E-state index contributed by atoms with van der Waals surface area (Å²) in [6.07, 6.45) is 3.67. The number of carbonyl (C=O) groups is 1. The van der Waals surface area contributed by atoms with Gasteiger partial charge in [0.05, 0.1) is 17.6 Å². The highest BCUT2D eigenvalue weighted by atomic mass is 32.2. The molecule has 0 aliphatic heterocycles. The first kappa shape index (κ1) is 19.1. The molecular formula is C16H23N5O3S. The van der Waals surface area contributed by atoms with Gasteiger partial charge in [-0.25, -0.2) is 13.6 Å². The Balaban J connectivity index is 2.04. The van der Waals surface area contributed by atoms with Crippen LogP contribution in [-0.2, 0) is 28.4 Å². The van der Waals surface area contributed by atoms with Gasteiger partial charge in [-0.3, -0.25) is 14.4 Å². The molecule has 2 rings (SSSR count). The molecule has 0 unspecified atom stereocenters. The number of aromatic nitrogens is 2. The smallest absolute Gasteiger partial charge is 0.238 e. The van der Waals surface area contributed by atoms with Gasteiger partial charge in [0.25, 0.3) is 0 Å². The molecule has 0 bridgehead atoms. The van der Waals surface area contributed by atoms with Crippen molar-refractivity contribution in [3.05, 3.63) is 42.2 Å². The van der Waals surface area contributed by atoms with E-state index in [2.05, 4.69) is 10.4 Å². The van der Waals surface area contributed by atoms with Crippen LogP contribution >= 0.6 is 0 Å². The number of primary sulfonamides is 1. The van der Waals surface area contributed by atoms with E-state index in [0.717, 1.165) is 5.56 Å². The van der Waals surface area contributed by atoms with E-state index in [4.69, 9.17) is 5.14 Å². The zero-order chi connectivity index (χ0) is 18.6. The summed E-state index contributed by atoms with van der Waals surface area (Å²) in [5.41, 5.74) is 1.40. The van der Waals surface area contributed by atoms with E-state index in [9.17, 15) is 13.2 Å². The van der Waals surface area contributed by atoms with Gasteiger partial charge in [-0.15, -0.1) is 0 Å². The summed E-state index contributed by atoms with van der Waals surface area (Å²) in [4.78, 5) is 14.3. The van der Waals surface area contributed by atoms with Gasteiger partial charge >= 0.3 is 0 Å². The van der Waals surface area contributed by atoms with Gasteiger partial charge in [0, 0.05) is 37.1 Å². The summed E-state index contributed by atoms with van der Waals surface area (Å²) in [5, 5.41) is 11.9. The minimum atomic E-state index is -3.81. The number of aryl methyl sites for hydroxylation is 1. The number of rotatable bonds is 7. The summed E-state index contributed by atoms with van der Waals surface area (Å²) in [6, 6.07) is 6.03. The first-order chi connectivity index (χ1) is 11.6. The van der Waals surface area contributed by atoms with Crippen LogP contribution in [0.15, 0.2) is 41.6 Å². The molecule has 1 heterocycles. The molecule has 2 aromatic rings. The number of hydrogen-bond donors (Lipinski definition) is 2. The van der Waals surface area contributed by atoms with Crippen LogP contribution in [0.2, 0.25) is 0 Å². The zero-order valence-electron chi connectivity index (χ0n) is 14.5. The molecule has 9 heteroatoms. The molecule has 3 N–H and O–H groups in total. The molecule has 0 aliphatic rings. The Morgan fingerprint density at radius 1 is 1.40 bits per heavy atom. The van der Waals surface area contributed by atoms with Gasteiger partial charge in [0.1, 0.15) is 0 Å². The van der Waals surface area contributed by atoms with Crippen LogP contribution in [0, 0.1) is 0 Å². The molecule has 1 aromatic carbocycles. The Bertz CT molecular complexity index is 845. The highest BCUT2D eigenvalue weighted by Gasteiger charge is 2.16. The lowest BCUT2D eigenvalue weighted by atomic mass is 10.2. The van der Waals surface area contributed by atoms with Crippen molar-refractivity contribution in [3.8, 4) is 0 Å². The summed E-state index contributed by atoms with van der Waals surface area (Å²) >= 11 is 0. The number of sulfonamides is 1. The number of benzene rings is 1. The fourth-order valence-corrected chi connectivity index (χ4v) is 2.90. The van der Waals surface area contributed by atoms with E-state index in [1.807, 2.05) is 32.0 Å². The first-order valence-corrected chi connectivity index (χ1v) is 9.34. The number of nitrogens with zero attached hydrogens (tertiary/aromatic N) is 3. The molecule has 25 heavy (non-hydrogen) atoms. The second-order valence-electron chi connectivity index (χ2n) is 6.14. The molecule has 0 aliphatic carbocycles. The van der Waals surface area contributed by atoms with Gasteiger partial charge in [-0.1, -0.05) is 6.07 Å². The van der Waals surface area contributed by atoms with Crippen LogP contribution in [0.3, 0.4) is 0 Å². The molecule has 136 valence electrons. The van der Waals surface area contributed by atoms with Crippen LogP contribution < -0.4 is 10.5 Å². The van der Waals surface area contributed by atoms with Gasteiger partial charge in [0.15, 0.2) is 0 Å². The van der Waals surface area contributed by atoms with Gasteiger partial charge in [-0.05, 0) is 32.0 Å². The Hall–Kier alpha value is -2.23. The fourth-order valence-electron chi connectivity index (χ4n) is 2.34. The van der Waals surface area contributed by atoms with Crippen LogP contribution in [0.4, 0.5) is 5.69 Å². The number of nitrogens with one attached hydrogen (secondary N) is 1. The Morgan fingerprint density at radius 3 is 2.68 bits per heavy atom. The van der Waals surface area contributed by atoms with Gasteiger partial charge < -0.3 is 5.32 Å². The third-order valence-corrected chi connectivity index (χ3v) is 4.58. The average molecular weight is 365 g/mol. The van der Waals surface area contributed by atoms with Crippen molar-refractivity contribution in [2.45, 2.75) is 31.3 Å². The lowest BCUT2D eigenvalue weighted by molar-refractivity contribution is -0.117. The molecule has 0 saturated heterocycles. The Kier molecular flexibility index (Phi) is 5.93. The predicted octanol–water partition coefficient (Wildman–Crippen LogP) is 0.917. The Morgan fingerprint density at radius 2 is 2.12 bits per heavy atom. The predicted molar refractivity (Wildman–Crippen MR) is 95.2 cm³/mol. The van der Waals surface area contributed by atoms with E-state index < -0.39 is 10.0 Å². The second-order valence-corrected chi connectivity index (χ2v) is 7.70. The van der Waals surface area contributed by atoms with Crippen molar-refractivity contribution in [2.75, 3.05) is 11.9 Å². The minimum absolute atomic E-state index is 0.0404. The van der Waals surface area contributed by atoms with Crippen molar-refractivity contribution >= 4 is 21.6 Å². The van der Waals surface area contributed by atoms with Crippen molar-refractivity contribution < 1.29 is 13.2 Å². The van der Waals surface area contributed by atoms with Crippen molar-refractivity contribution in [2.24, 2.45) is 12.2 Å². The zero-order valence-corrected chi connectivity index (χ0v) is 15.3. The molecule has 0 fully saturated rings. The number of anilines is 1. The number of nitrogens with two attached hydrogens (primary N) is 1. The molecule has 1 amide bonds. The molecule has 1 aromatic heterocycles. The van der Waals surface area contributed by atoms with Crippen molar-refractivity contribution in [1.82, 2.24) is 14.7 Å². The maximum atomic E-state index is 12.3. The number of hydrogen-bond acceptors (Lipinski definition) is 5. The third kappa shape index (κ3) is 5.66. The van der Waals surface area contributed by atoms with E-state index in [0.29, 0.717) is 12.2 Å². The minimum Gasteiger partial charge on any atom is -0.325 e. The van der Waals surface area contributed by atoms with Gasteiger partial charge in [0.2, 0.25) is 15.9 Å². The maximum Gasteiger partial charge on any atom is 0.238 e. The summed E-state index contributed by atoms with van der Waals surface area (Å²) < 4.78 is 24.5. The largest absolute Gasteiger partial charge is 0.325 e. The van der Waals surface area contributed by atoms with Crippen LogP contribution in [0.1, 0.15) is 19.4 Å². The standard InChI is InChI=1S/C16H23N5O3S/c1-12(2)21(10-13-8-18-20(3)9-13)11-16(22)19-14-5-4-6-15(7-14)25(17,23)24/h4-9,12H,10-11H2,1-3H3,(H,19,22)(H2,17,23,24). The SMILES string of the molecule is CC(C)N(CC(=O)Nc1cccc(S(N)(=O)=O)c1)Cc1cnn(C)c1. The molecule has 0 atom stereocenters. The normalized spacial score (nSPS) is 11.9. The summed E-state index contributed by atoms with van der Waals surface area (Å²) in [7, 11) is -1.97. The second kappa shape index (κ2) is 7.77. The van der Waals surface area contributed by atoms with E-state index in [-0.39, 0.29) is 23.4 Å². The molecular weight excluding hydrogens is 342 g/mol. The molecule has 8 nitrogen and oxygen atoms in total. The fraction of sp³-hybridized carbons (Fsp3) is 0.375.